The summed E-state index contributed by atoms with van der Waals surface area (Å²) >= 11 is 1.45. The highest BCUT2D eigenvalue weighted by atomic mass is 32.2. The summed E-state index contributed by atoms with van der Waals surface area (Å²) in [6, 6.07) is 15.6. The fourth-order valence-corrected chi connectivity index (χ4v) is 4.77. The molecule has 10 heteroatoms. The number of aryl methyl sites for hydroxylation is 3. The van der Waals surface area contributed by atoms with E-state index in [1.807, 2.05) is 69.3 Å². The summed E-state index contributed by atoms with van der Waals surface area (Å²) in [5.41, 5.74) is 5.74. The molecular formula is C27H30N6O3S. The SMILES string of the molecule is COc1ccc(CCNC(=O)c2nnn(-c3ccc(C)cc3)c2CSc2nc(C)cc(C)n2)cc1OC. The van der Waals surface area contributed by atoms with E-state index in [1.54, 1.807) is 18.9 Å². The first kappa shape index (κ1) is 26.2. The summed E-state index contributed by atoms with van der Waals surface area (Å²) < 4.78 is 12.4. The van der Waals surface area contributed by atoms with Crippen molar-refractivity contribution < 1.29 is 14.3 Å². The van der Waals surface area contributed by atoms with Gasteiger partial charge in [-0.05, 0) is 63.1 Å². The number of benzene rings is 2. The topological polar surface area (TPSA) is 104 Å². The number of aromatic nitrogens is 5. The molecule has 0 radical (unpaired) electrons. The Balaban J connectivity index is 1.52. The van der Waals surface area contributed by atoms with E-state index in [4.69, 9.17) is 9.47 Å². The molecule has 0 aliphatic rings. The fraction of sp³-hybridized carbons (Fsp3) is 0.296. The molecule has 0 saturated carbocycles. The van der Waals surface area contributed by atoms with Gasteiger partial charge in [0.05, 0.1) is 25.6 Å². The Hall–Kier alpha value is -3.92. The third kappa shape index (κ3) is 6.45. The number of ether oxygens (including phenoxy) is 2. The first-order valence-electron chi connectivity index (χ1n) is 11.8. The molecule has 4 rings (SSSR count). The molecule has 0 aliphatic heterocycles. The van der Waals surface area contributed by atoms with E-state index in [0.29, 0.717) is 41.1 Å². The number of nitrogens with one attached hydrogen (secondary N) is 1. The Labute approximate surface area is 220 Å². The molecule has 0 spiro atoms. The molecule has 0 unspecified atom stereocenters. The predicted octanol–water partition coefficient (Wildman–Crippen LogP) is 4.26. The molecule has 1 N–H and O–H groups in total. The summed E-state index contributed by atoms with van der Waals surface area (Å²) in [6.45, 7) is 6.33. The van der Waals surface area contributed by atoms with Crippen LogP contribution in [0.25, 0.3) is 5.69 Å². The third-order valence-corrected chi connectivity index (χ3v) is 6.56. The number of nitrogens with zero attached hydrogens (tertiary/aromatic N) is 5. The van der Waals surface area contributed by atoms with Crippen LogP contribution in [0.3, 0.4) is 0 Å². The van der Waals surface area contributed by atoms with E-state index in [9.17, 15) is 4.79 Å². The summed E-state index contributed by atoms with van der Waals surface area (Å²) in [5.74, 6) is 1.47. The lowest BCUT2D eigenvalue weighted by Gasteiger charge is -2.11. The molecule has 2 aromatic heterocycles. The van der Waals surface area contributed by atoms with Gasteiger partial charge in [-0.15, -0.1) is 5.10 Å². The van der Waals surface area contributed by atoms with Crippen LogP contribution in [0.5, 0.6) is 11.5 Å². The highest BCUT2D eigenvalue weighted by Crippen LogP contribution is 2.28. The minimum absolute atomic E-state index is 0.282. The molecule has 0 atom stereocenters. The lowest BCUT2D eigenvalue weighted by Crippen LogP contribution is -2.27. The standard InChI is InChI=1S/C27H30N6O3S/c1-17-6-9-21(10-7-17)33-22(16-37-27-29-18(2)14-19(3)30-27)25(31-32-33)26(34)28-13-12-20-8-11-23(35-4)24(15-20)36-5/h6-11,14-15H,12-13,16H2,1-5H3,(H,28,34). The molecule has 37 heavy (non-hydrogen) atoms. The molecule has 192 valence electrons. The van der Waals surface area contributed by atoms with Crippen LogP contribution >= 0.6 is 11.8 Å². The van der Waals surface area contributed by atoms with Gasteiger partial charge in [0.2, 0.25) is 0 Å². The summed E-state index contributed by atoms with van der Waals surface area (Å²) in [5, 5.41) is 12.2. The van der Waals surface area contributed by atoms with Gasteiger partial charge < -0.3 is 14.8 Å². The predicted molar refractivity (Wildman–Crippen MR) is 143 cm³/mol. The monoisotopic (exact) mass is 518 g/mol. The van der Waals surface area contributed by atoms with Crippen LogP contribution < -0.4 is 14.8 Å². The molecular weight excluding hydrogens is 488 g/mol. The van der Waals surface area contributed by atoms with Crippen LogP contribution in [0.15, 0.2) is 53.7 Å². The normalized spacial score (nSPS) is 10.8. The van der Waals surface area contributed by atoms with Crippen molar-refractivity contribution in [1.29, 1.82) is 0 Å². The maximum atomic E-state index is 13.2. The first-order valence-corrected chi connectivity index (χ1v) is 12.8. The lowest BCUT2D eigenvalue weighted by atomic mass is 10.1. The zero-order valence-electron chi connectivity index (χ0n) is 21.6. The quantitative estimate of drug-likeness (QED) is 0.245. The van der Waals surface area contributed by atoms with E-state index in [2.05, 4.69) is 25.6 Å². The Morgan fingerprint density at radius 1 is 0.946 bits per heavy atom. The maximum Gasteiger partial charge on any atom is 0.273 e. The van der Waals surface area contributed by atoms with E-state index in [-0.39, 0.29) is 11.6 Å². The third-order valence-electron chi connectivity index (χ3n) is 5.70. The molecule has 0 bridgehead atoms. The van der Waals surface area contributed by atoms with Crippen molar-refractivity contribution >= 4 is 17.7 Å². The van der Waals surface area contributed by atoms with Gasteiger partial charge in [-0.1, -0.05) is 40.7 Å². The van der Waals surface area contributed by atoms with Gasteiger partial charge in [-0.3, -0.25) is 4.79 Å². The van der Waals surface area contributed by atoms with Crippen molar-refractivity contribution in [1.82, 2.24) is 30.3 Å². The van der Waals surface area contributed by atoms with Gasteiger partial charge >= 0.3 is 0 Å². The van der Waals surface area contributed by atoms with Crippen LogP contribution in [-0.2, 0) is 12.2 Å². The van der Waals surface area contributed by atoms with Gasteiger partial charge in [-0.2, -0.15) is 0 Å². The van der Waals surface area contributed by atoms with Gasteiger partial charge in [0.1, 0.15) is 0 Å². The van der Waals surface area contributed by atoms with Crippen LogP contribution in [0.4, 0.5) is 0 Å². The van der Waals surface area contributed by atoms with Gasteiger partial charge in [-0.25, -0.2) is 14.6 Å². The van der Waals surface area contributed by atoms with Crippen molar-refractivity contribution in [2.24, 2.45) is 0 Å². The molecule has 0 aliphatic carbocycles. The number of methoxy groups -OCH3 is 2. The zero-order chi connectivity index (χ0) is 26.4. The van der Waals surface area contributed by atoms with Crippen molar-refractivity contribution in [3.63, 3.8) is 0 Å². The minimum atomic E-state index is -0.282. The molecule has 0 saturated heterocycles. The van der Waals surface area contributed by atoms with Crippen LogP contribution in [-0.4, -0.2) is 51.6 Å². The van der Waals surface area contributed by atoms with Crippen LogP contribution in [0.2, 0.25) is 0 Å². The molecule has 4 aromatic rings. The molecule has 2 aromatic carbocycles. The van der Waals surface area contributed by atoms with Gasteiger partial charge in [0, 0.05) is 23.7 Å². The molecule has 1 amide bonds. The lowest BCUT2D eigenvalue weighted by molar-refractivity contribution is 0.0948. The number of hydrogen-bond acceptors (Lipinski definition) is 8. The smallest absolute Gasteiger partial charge is 0.273 e. The number of hydrogen-bond donors (Lipinski definition) is 1. The minimum Gasteiger partial charge on any atom is -0.493 e. The Morgan fingerprint density at radius 3 is 2.32 bits per heavy atom. The maximum absolute atomic E-state index is 13.2. The van der Waals surface area contributed by atoms with Crippen molar-refractivity contribution in [2.75, 3.05) is 20.8 Å². The van der Waals surface area contributed by atoms with Crippen molar-refractivity contribution in [3.05, 3.63) is 82.4 Å². The van der Waals surface area contributed by atoms with E-state index >= 15 is 0 Å². The fourth-order valence-electron chi connectivity index (χ4n) is 3.83. The second-order valence-electron chi connectivity index (χ2n) is 8.55. The second-order valence-corrected chi connectivity index (χ2v) is 9.49. The number of rotatable bonds is 10. The van der Waals surface area contributed by atoms with Crippen molar-refractivity contribution in [2.45, 2.75) is 38.1 Å². The first-order chi connectivity index (χ1) is 17.9. The average Bonchev–Trinajstić information content (AvgIpc) is 3.31. The van der Waals surface area contributed by atoms with E-state index in [1.165, 1.54) is 11.8 Å². The Morgan fingerprint density at radius 2 is 1.65 bits per heavy atom. The largest absolute Gasteiger partial charge is 0.493 e. The number of amides is 1. The van der Waals surface area contributed by atoms with Crippen LogP contribution in [0, 0.1) is 20.8 Å². The second kappa shape index (κ2) is 11.9. The number of carbonyl (C=O) groups excluding carboxylic acids is 1. The van der Waals surface area contributed by atoms with Crippen LogP contribution in [0.1, 0.15) is 38.7 Å². The summed E-state index contributed by atoms with van der Waals surface area (Å²) in [6.07, 6.45) is 0.624. The molecule has 0 fully saturated rings. The van der Waals surface area contributed by atoms with Gasteiger partial charge in [0.25, 0.3) is 5.91 Å². The van der Waals surface area contributed by atoms with Crippen molar-refractivity contribution in [3.8, 4) is 17.2 Å². The number of thioether (sulfide) groups is 1. The zero-order valence-corrected chi connectivity index (χ0v) is 22.4. The molecule has 2 heterocycles. The Bertz CT molecular complexity index is 1370. The van der Waals surface area contributed by atoms with E-state index in [0.717, 1.165) is 28.2 Å². The average molecular weight is 519 g/mol. The highest BCUT2D eigenvalue weighted by molar-refractivity contribution is 7.98. The number of carbonyl (C=O) groups is 1. The highest BCUT2D eigenvalue weighted by Gasteiger charge is 2.21. The van der Waals surface area contributed by atoms with Gasteiger partial charge in [0.15, 0.2) is 22.3 Å². The Kier molecular flexibility index (Phi) is 8.39. The van der Waals surface area contributed by atoms with E-state index < -0.39 is 0 Å². The summed E-state index contributed by atoms with van der Waals surface area (Å²) in [4.78, 5) is 22.2. The molecule has 9 nitrogen and oxygen atoms in total. The summed E-state index contributed by atoms with van der Waals surface area (Å²) in [7, 11) is 3.20.